The molecule has 0 fully saturated rings. The number of fused-ring (bicyclic) bond motifs is 2. The van der Waals surface area contributed by atoms with Crippen LogP contribution in [0.1, 0.15) is 42.6 Å². The summed E-state index contributed by atoms with van der Waals surface area (Å²) in [5.74, 6) is -0.382. The molecule has 1 aliphatic carbocycles. The van der Waals surface area contributed by atoms with Gasteiger partial charge in [-0.15, -0.1) is 0 Å². The Kier molecular flexibility index (Phi) is 4.90. The van der Waals surface area contributed by atoms with Crippen molar-refractivity contribution in [2.24, 2.45) is 7.05 Å². The maximum Gasteiger partial charge on any atom is 0.243 e. The third-order valence-corrected chi connectivity index (χ3v) is 5.49. The first kappa shape index (κ1) is 18.3. The van der Waals surface area contributed by atoms with Crippen LogP contribution in [0.25, 0.3) is 10.9 Å². The van der Waals surface area contributed by atoms with Crippen LogP contribution in [0.3, 0.4) is 0 Å². The van der Waals surface area contributed by atoms with Crippen molar-refractivity contribution in [1.29, 1.82) is 0 Å². The molecule has 2 aromatic heterocycles. The number of carbonyl (C=O) groups is 2. The second-order valence-corrected chi connectivity index (χ2v) is 7.44. The van der Waals surface area contributed by atoms with E-state index in [2.05, 4.69) is 20.7 Å². The van der Waals surface area contributed by atoms with Crippen molar-refractivity contribution in [2.75, 3.05) is 0 Å². The number of aromatic nitrogens is 3. The molecule has 7 heteroatoms. The van der Waals surface area contributed by atoms with E-state index in [0.717, 1.165) is 41.3 Å². The Labute approximate surface area is 163 Å². The van der Waals surface area contributed by atoms with Gasteiger partial charge in [0.15, 0.2) is 0 Å². The Bertz CT molecular complexity index is 1020. The van der Waals surface area contributed by atoms with Gasteiger partial charge in [0.25, 0.3) is 0 Å². The molecule has 1 aliphatic rings. The average molecular weight is 379 g/mol. The van der Waals surface area contributed by atoms with Crippen LogP contribution in [0, 0.1) is 0 Å². The highest BCUT2D eigenvalue weighted by atomic mass is 16.2. The first-order chi connectivity index (χ1) is 13.5. The lowest BCUT2D eigenvalue weighted by atomic mass is 9.92. The fourth-order valence-electron chi connectivity index (χ4n) is 4.10. The SMILES string of the molecule is CC(=O)N[C@@H](Cc1c[nH]c2ccccc12)C(=O)N[C@H]1CCCc2c1cnn2C. The topological polar surface area (TPSA) is 91.8 Å². The number of carbonyl (C=O) groups excluding carboxylic acids is 2. The second-order valence-electron chi connectivity index (χ2n) is 7.44. The van der Waals surface area contributed by atoms with Gasteiger partial charge in [-0.05, 0) is 30.9 Å². The van der Waals surface area contributed by atoms with Gasteiger partial charge in [0.05, 0.1) is 12.2 Å². The number of benzene rings is 1. The van der Waals surface area contributed by atoms with Crippen LogP contribution in [0.4, 0.5) is 0 Å². The lowest BCUT2D eigenvalue weighted by Gasteiger charge is -2.26. The monoisotopic (exact) mass is 379 g/mol. The van der Waals surface area contributed by atoms with Crippen molar-refractivity contribution < 1.29 is 9.59 Å². The summed E-state index contributed by atoms with van der Waals surface area (Å²) < 4.78 is 1.88. The van der Waals surface area contributed by atoms with Crippen molar-refractivity contribution in [3.63, 3.8) is 0 Å². The quantitative estimate of drug-likeness (QED) is 0.634. The number of aromatic amines is 1. The van der Waals surface area contributed by atoms with Crippen molar-refractivity contribution in [3.05, 3.63) is 53.5 Å². The summed E-state index contributed by atoms with van der Waals surface area (Å²) >= 11 is 0. The summed E-state index contributed by atoms with van der Waals surface area (Å²) in [7, 11) is 1.93. The molecule has 2 amide bonds. The molecule has 0 bridgehead atoms. The maximum absolute atomic E-state index is 13.1. The molecule has 146 valence electrons. The number of H-pyrrole nitrogens is 1. The molecule has 0 saturated carbocycles. The summed E-state index contributed by atoms with van der Waals surface area (Å²) in [6.45, 7) is 1.44. The highest BCUT2D eigenvalue weighted by Gasteiger charge is 2.28. The van der Waals surface area contributed by atoms with E-state index in [9.17, 15) is 9.59 Å². The number of aryl methyl sites for hydroxylation is 1. The van der Waals surface area contributed by atoms with Crippen LogP contribution in [0.15, 0.2) is 36.7 Å². The molecule has 0 radical (unpaired) electrons. The molecule has 7 nitrogen and oxygen atoms in total. The summed E-state index contributed by atoms with van der Waals surface area (Å²) in [6, 6.07) is 7.27. The normalized spacial score (nSPS) is 17.1. The fourth-order valence-corrected chi connectivity index (χ4v) is 4.10. The van der Waals surface area contributed by atoms with Gasteiger partial charge in [-0.2, -0.15) is 5.10 Å². The van der Waals surface area contributed by atoms with E-state index in [1.165, 1.54) is 12.6 Å². The van der Waals surface area contributed by atoms with E-state index in [1.54, 1.807) is 0 Å². The summed E-state index contributed by atoms with van der Waals surface area (Å²) in [5.41, 5.74) is 4.28. The molecule has 4 rings (SSSR count). The van der Waals surface area contributed by atoms with Crippen LogP contribution < -0.4 is 10.6 Å². The Morgan fingerprint density at radius 3 is 3.00 bits per heavy atom. The lowest BCUT2D eigenvalue weighted by Crippen LogP contribution is -2.48. The Hall–Kier alpha value is -3.09. The van der Waals surface area contributed by atoms with E-state index in [4.69, 9.17) is 0 Å². The van der Waals surface area contributed by atoms with Gasteiger partial charge in [-0.25, -0.2) is 0 Å². The maximum atomic E-state index is 13.1. The third kappa shape index (κ3) is 3.52. The number of para-hydroxylation sites is 1. The predicted octanol–water partition coefficient (Wildman–Crippen LogP) is 2.14. The first-order valence-corrected chi connectivity index (χ1v) is 9.66. The lowest BCUT2D eigenvalue weighted by molar-refractivity contribution is -0.128. The van der Waals surface area contributed by atoms with Gasteiger partial charge in [0.1, 0.15) is 6.04 Å². The molecule has 1 aromatic carbocycles. The van der Waals surface area contributed by atoms with Gasteiger partial charge in [-0.3, -0.25) is 14.3 Å². The molecule has 0 saturated heterocycles. The van der Waals surface area contributed by atoms with E-state index < -0.39 is 6.04 Å². The predicted molar refractivity (Wildman–Crippen MR) is 107 cm³/mol. The van der Waals surface area contributed by atoms with Crippen LogP contribution in [0.2, 0.25) is 0 Å². The zero-order valence-corrected chi connectivity index (χ0v) is 16.2. The molecule has 2 heterocycles. The van der Waals surface area contributed by atoms with Gasteiger partial charge < -0.3 is 15.6 Å². The molecular weight excluding hydrogens is 354 g/mol. The van der Waals surface area contributed by atoms with E-state index >= 15 is 0 Å². The van der Waals surface area contributed by atoms with Crippen molar-refractivity contribution in [1.82, 2.24) is 25.4 Å². The summed E-state index contributed by atoms with van der Waals surface area (Å²) in [6.07, 6.45) is 7.04. The summed E-state index contributed by atoms with van der Waals surface area (Å²) in [5, 5.41) is 11.4. The van der Waals surface area contributed by atoms with Crippen molar-refractivity contribution >= 4 is 22.7 Å². The number of nitrogens with one attached hydrogen (secondary N) is 3. The average Bonchev–Trinajstić information content (AvgIpc) is 3.26. The van der Waals surface area contributed by atoms with Crippen LogP contribution in [-0.4, -0.2) is 32.6 Å². The van der Waals surface area contributed by atoms with Crippen molar-refractivity contribution in [2.45, 2.75) is 44.7 Å². The number of nitrogens with zero attached hydrogens (tertiary/aromatic N) is 2. The number of rotatable bonds is 5. The zero-order chi connectivity index (χ0) is 19.7. The van der Waals surface area contributed by atoms with Gasteiger partial charge in [-0.1, -0.05) is 18.2 Å². The Morgan fingerprint density at radius 2 is 2.18 bits per heavy atom. The van der Waals surface area contributed by atoms with E-state index in [-0.39, 0.29) is 17.9 Å². The molecule has 0 spiro atoms. The molecule has 3 N–H and O–H groups in total. The Morgan fingerprint density at radius 1 is 1.36 bits per heavy atom. The molecule has 0 aliphatic heterocycles. The number of hydrogen-bond acceptors (Lipinski definition) is 3. The van der Waals surface area contributed by atoms with Crippen LogP contribution in [0.5, 0.6) is 0 Å². The smallest absolute Gasteiger partial charge is 0.243 e. The molecule has 0 unspecified atom stereocenters. The van der Waals surface area contributed by atoms with E-state index in [0.29, 0.717) is 6.42 Å². The zero-order valence-electron chi connectivity index (χ0n) is 16.2. The van der Waals surface area contributed by atoms with E-state index in [1.807, 2.05) is 48.4 Å². The minimum Gasteiger partial charge on any atom is -0.361 e. The molecule has 28 heavy (non-hydrogen) atoms. The standard InChI is InChI=1S/C21H25N5O2/c1-13(27)24-19(10-14-11-22-17-7-4-3-6-15(14)17)21(28)25-18-8-5-9-20-16(18)12-23-26(20)2/h3-4,6-7,11-12,18-19,22H,5,8-10H2,1-2H3,(H,24,27)(H,25,28)/t18-,19-/m0/s1. The van der Waals surface area contributed by atoms with Gasteiger partial charge in [0.2, 0.25) is 11.8 Å². The van der Waals surface area contributed by atoms with Gasteiger partial charge >= 0.3 is 0 Å². The molecular formula is C21H25N5O2. The Balaban J connectivity index is 1.54. The second kappa shape index (κ2) is 7.50. The minimum absolute atomic E-state index is 0.0656. The van der Waals surface area contributed by atoms with Crippen LogP contribution >= 0.6 is 0 Å². The first-order valence-electron chi connectivity index (χ1n) is 9.66. The van der Waals surface area contributed by atoms with Gasteiger partial charge in [0, 0.05) is 48.7 Å². The third-order valence-electron chi connectivity index (χ3n) is 5.49. The molecule has 2 atom stereocenters. The van der Waals surface area contributed by atoms with Crippen molar-refractivity contribution in [3.8, 4) is 0 Å². The summed E-state index contributed by atoms with van der Waals surface area (Å²) in [4.78, 5) is 28.0. The largest absolute Gasteiger partial charge is 0.361 e. The minimum atomic E-state index is -0.626. The number of hydrogen-bond donors (Lipinski definition) is 3. The highest BCUT2D eigenvalue weighted by Crippen LogP contribution is 2.29. The fraction of sp³-hybridized carbons (Fsp3) is 0.381. The van der Waals surface area contributed by atoms with Crippen LogP contribution in [-0.2, 0) is 29.5 Å². The highest BCUT2D eigenvalue weighted by molar-refractivity contribution is 5.89. The molecule has 3 aromatic rings. The number of amides is 2.